The molecule has 2 aromatic heterocycles. The van der Waals surface area contributed by atoms with E-state index in [1.54, 1.807) is 17.9 Å². The molecule has 4 rings (SSSR count). The summed E-state index contributed by atoms with van der Waals surface area (Å²) in [6, 6.07) is 7.29. The monoisotopic (exact) mass is 346 g/mol. The van der Waals surface area contributed by atoms with Gasteiger partial charge in [-0.1, -0.05) is 23.7 Å². The topological polar surface area (TPSA) is 72.9 Å². The summed E-state index contributed by atoms with van der Waals surface area (Å²) in [4.78, 5) is 18.9. The van der Waals surface area contributed by atoms with Crippen molar-refractivity contribution in [2.75, 3.05) is 26.3 Å². The molecule has 1 aliphatic rings. The van der Waals surface area contributed by atoms with E-state index in [1.807, 2.05) is 18.2 Å². The number of ether oxygens (including phenoxy) is 1. The first-order valence-electron chi connectivity index (χ1n) is 7.63. The Kier molecular flexibility index (Phi) is 3.74. The minimum atomic E-state index is -0.134. The summed E-state index contributed by atoms with van der Waals surface area (Å²) in [6.07, 6.45) is 0. The van der Waals surface area contributed by atoms with Gasteiger partial charge in [-0.15, -0.1) is 5.10 Å². The first-order valence-corrected chi connectivity index (χ1v) is 8.01. The first kappa shape index (κ1) is 15.2. The lowest BCUT2D eigenvalue weighted by Crippen LogP contribution is -2.41. The predicted octanol–water partition coefficient (Wildman–Crippen LogP) is 2.42. The van der Waals surface area contributed by atoms with E-state index in [9.17, 15) is 4.79 Å². The molecule has 3 heterocycles. The Balaban J connectivity index is 1.77. The van der Waals surface area contributed by atoms with Crippen molar-refractivity contribution in [1.29, 1.82) is 0 Å². The molecule has 0 aliphatic carbocycles. The van der Waals surface area contributed by atoms with Gasteiger partial charge in [0, 0.05) is 18.7 Å². The van der Waals surface area contributed by atoms with Gasteiger partial charge in [-0.05, 0) is 19.1 Å². The number of morpholine rings is 1. The number of carbonyl (C=O) groups is 1. The lowest BCUT2D eigenvalue weighted by atomic mass is 10.2. The van der Waals surface area contributed by atoms with Crippen molar-refractivity contribution in [3.8, 4) is 11.4 Å². The molecule has 1 aliphatic heterocycles. The van der Waals surface area contributed by atoms with Crippen molar-refractivity contribution in [2.24, 2.45) is 0 Å². The highest BCUT2D eigenvalue weighted by molar-refractivity contribution is 6.33. The standard InChI is InChI=1S/C16H15ClN4O3/c1-10-13(15(22)20-6-8-23-9-7-20)21-16(24-10)18-14(19-21)11-4-2-3-5-12(11)17/h2-5H,6-9H2,1H3. The summed E-state index contributed by atoms with van der Waals surface area (Å²) >= 11 is 6.20. The van der Waals surface area contributed by atoms with Gasteiger partial charge in [0.15, 0.2) is 11.5 Å². The number of fused-ring (bicyclic) bond motifs is 1. The molecule has 0 N–H and O–H groups in total. The Morgan fingerprint density at radius 2 is 2.00 bits per heavy atom. The van der Waals surface area contributed by atoms with Gasteiger partial charge in [0.2, 0.25) is 0 Å². The zero-order valence-corrected chi connectivity index (χ0v) is 13.8. The van der Waals surface area contributed by atoms with E-state index >= 15 is 0 Å². The summed E-state index contributed by atoms with van der Waals surface area (Å²) in [5, 5.41) is 4.97. The van der Waals surface area contributed by atoms with E-state index in [2.05, 4.69) is 10.1 Å². The maximum atomic E-state index is 12.8. The van der Waals surface area contributed by atoms with Crippen LogP contribution in [-0.2, 0) is 4.74 Å². The number of oxazole rings is 1. The maximum Gasteiger partial charge on any atom is 0.325 e. The third-order valence-corrected chi connectivity index (χ3v) is 4.31. The number of amides is 1. The Hall–Kier alpha value is -2.38. The largest absolute Gasteiger partial charge is 0.427 e. The quantitative estimate of drug-likeness (QED) is 0.712. The summed E-state index contributed by atoms with van der Waals surface area (Å²) < 4.78 is 12.4. The van der Waals surface area contributed by atoms with Crippen LogP contribution in [0.15, 0.2) is 28.7 Å². The van der Waals surface area contributed by atoms with Gasteiger partial charge in [0.05, 0.1) is 18.2 Å². The molecule has 0 radical (unpaired) electrons. The van der Waals surface area contributed by atoms with E-state index in [-0.39, 0.29) is 11.8 Å². The van der Waals surface area contributed by atoms with Crippen molar-refractivity contribution < 1.29 is 13.9 Å². The minimum Gasteiger partial charge on any atom is -0.427 e. The van der Waals surface area contributed by atoms with Crippen LogP contribution in [0.5, 0.6) is 0 Å². The molecule has 0 bridgehead atoms. The van der Waals surface area contributed by atoms with E-state index in [4.69, 9.17) is 20.8 Å². The normalized spacial score (nSPS) is 15.2. The molecule has 1 fully saturated rings. The van der Waals surface area contributed by atoms with Crippen LogP contribution in [0, 0.1) is 6.92 Å². The van der Waals surface area contributed by atoms with Gasteiger partial charge < -0.3 is 14.1 Å². The summed E-state index contributed by atoms with van der Waals surface area (Å²) in [5.74, 6) is 1.06. The van der Waals surface area contributed by atoms with Crippen molar-refractivity contribution in [2.45, 2.75) is 6.92 Å². The Morgan fingerprint density at radius 3 is 2.75 bits per heavy atom. The Bertz CT molecular complexity index is 911. The molecule has 1 saturated heterocycles. The number of halogens is 1. The number of hydrogen-bond donors (Lipinski definition) is 0. The molecule has 3 aromatic rings. The van der Waals surface area contributed by atoms with Crippen LogP contribution < -0.4 is 0 Å². The van der Waals surface area contributed by atoms with Gasteiger partial charge in [0.25, 0.3) is 5.91 Å². The van der Waals surface area contributed by atoms with Gasteiger partial charge >= 0.3 is 5.84 Å². The molecular formula is C16H15ClN4O3. The molecule has 7 nitrogen and oxygen atoms in total. The second kappa shape index (κ2) is 5.92. The number of benzene rings is 1. The second-order valence-electron chi connectivity index (χ2n) is 5.52. The summed E-state index contributed by atoms with van der Waals surface area (Å²) in [6.45, 7) is 3.91. The van der Waals surface area contributed by atoms with E-state index < -0.39 is 0 Å². The minimum absolute atomic E-state index is 0.134. The fraction of sp³-hybridized carbons (Fsp3) is 0.312. The summed E-state index contributed by atoms with van der Waals surface area (Å²) in [7, 11) is 0. The highest BCUT2D eigenvalue weighted by atomic mass is 35.5. The van der Waals surface area contributed by atoms with E-state index in [0.717, 1.165) is 0 Å². The maximum absolute atomic E-state index is 12.8. The Labute approximate surface area is 142 Å². The highest BCUT2D eigenvalue weighted by Gasteiger charge is 2.27. The molecule has 0 saturated carbocycles. The average Bonchev–Trinajstić information content (AvgIpc) is 3.12. The lowest BCUT2D eigenvalue weighted by Gasteiger charge is -2.26. The number of nitrogens with zero attached hydrogens (tertiary/aromatic N) is 4. The number of hydrogen-bond acceptors (Lipinski definition) is 5. The third-order valence-electron chi connectivity index (χ3n) is 3.98. The van der Waals surface area contributed by atoms with Gasteiger partial charge in [-0.3, -0.25) is 4.79 Å². The van der Waals surface area contributed by atoms with Crippen LogP contribution in [0.3, 0.4) is 0 Å². The first-order chi connectivity index (χ1) is 11.6. The van der Waals surface area contributed by atoms with Crippen molar-refractivity contribution >= 4 is 23.4 Å². The third kappa shape index (κ3) is 2.46. The van der Waals surface area contributed by atoms with Crippen LogP contribution >= 0.6 is 11.6 Å². The zero-order chi connectivity index (χ0) is 16.7. The van der Waals surface area contributed by atoms with Gasteiger partial charge in [-0.25, -0.2) is 0 Å². The van der Waals surface area contributed by atoms with Crippen molar-refractivity contribution in [1.82, 2.24) is 19.5 Å². The van der Waals surface area contributed by atoms with Crippen LogP contribution in [0.2, 0.25) is 5.02 Å². The van der Waals surface area contributed by atoms with Crippen LogP contribution in [0.4, 0.5) is 0 Å². The van der Waals surface area contributed by atoms with Crippen LogP contribution in [0.25, 0.3) is 17.2 Å². The lowest BCUT2D eigenvalue weighted by molar-refractivity contribution is 0.0296. The van der Waals surface area contributed by atoms with E-state index in [0.29, 0.717) is 54.2 Å². The smallest absolute Gasteiger partial charge is 0.325 e. The molecule has 124 valence electrons. The number of aromatic nitrogens is 3. The SMILES string of the molecule is Cc1oc2nc(-c3ccccc3Cl)nn2c1C(=O)N1CCOCC1. The zero-order valence-electron chi connectivity index (χ0n) is 13.0. The fourth-order valence-electron chi connectivity index (χ4n) is 2.76. The highest BCUT2D eigenvalue weighted by Crippen LogP contribution is 2.27. The molecule has 24 heavy (non-hydrogen) atoms. The fourth-order valence-corrected chi connectivity index (χ4v) is 2.98. The molecule has 8 heteroatoms. The second-order valence-corrected chi connectivity index (χ2v) is 5.93. The molecule has 0 atom stereocenters. The van der Waals surface area contributed by atoms with Gasteiger partial charge in [-0.2, -0.15) is 9.50 Å². The molecule has 0 unspecified atom stereocenters. The van der Waals surface area contributed by atoms with Crippen molar-refractivity contribution in [3.63, 3.8) is 0 Å². The number of aryl methyl sites for hydroxylation is 1. The van der Waals surface area contributed by atoms with Crippen LogP contribution in [0.1, 0.15) is 16.2 Å². The number of carbonyl (C=O) groups excluding carboxylic acids is 1. The molecular weight excluding hydrogens is 332 g/mol. The summed E-state index contributed by atoms with van der Waals surface area (Å²) in [5.41, 5.74) is 1.08. The van der Waals surface area contributed by atoms with Crippen molar-refractivity contribution in [3.05, 3.63) is 40.7 Å². The molecule has 0 spiro atoms. The van der Waals surface area contributed by atoms with Crippen LogP contribution in [-0.4, -0.2) is 51.7 Å². The number of rotatable bonds is 2. The average molecular weight is 347 g/mol. The molecule has 1 aromatic carbocycles. The van der Waals surface area contributed by atoms with E-state index in [1.165, 1.54) is 4.52 Å². The van der Waals surface area contributed by atoms with Gasteiger partial charge in [0.1, 0.15) is 5.76 Å². The molecule has 1 amide bonds. The predicted molar refractivity (Wildman–Crippen MR) is 87.2 cm³/mol. The Morgan fingerprint density at radius 1 is 1.25 bits per heavy atom.